The first-order valence-corrected chi connectivity index (χ1v) is 14.8. The molecule has 5 rings (SSSR count). The van der Waals surface area contributed by atoms with Gasteiger partial charge in [0.25, 0.3) is 0 Å². The normalized spacial score (nSPS) is 28.2. The van der Waals surface area contributed by atoms with Gasteiger partial charge in [-0.25, -0.2) is 4.79 Å². The number of para-hydroxylation sites is 1. The molecule has 208 valence electrons. The Morgan fingerprint density at radius 3 is 2.58 bits per heavy atom. The number of aromatic hydroxyl groups is 2. The number of phenolic OH excluding ortho intramolecular Hbond substituents is 2. The third-order valence-electron chi connectivity index (χ3n) is 9.64. The van der Waals surface area contributed by atoms with E-state index < -0.39 is 5.97 Å². The summed E-state index contributed by atoms with van der Waals surface area (Å²) in [6.45, 7) is 6.47. The van der Waals surface area contributed by atoms with E-state index in [9.17, 15) is 20.1 Å². The molecule has 3 aliphatic rings. The lowest BCUT2D eigenvalue weighted by molar-refractivity contribution is -0.0226. The quantitative estimate of drug-likeness (QED) is 0.259. The molecule has 2 fully saturated rings. The van der Waals surface area contributed by atoms with Crippen LogP contribution in [0.15, 0.2) is 42.5 Å². The average Bonchev–Trinajstić information content (AvgIpc) is 3.22. The van der Waals surface area contributed by atoms with Crippen molar-refractivity contribution in [1.29, 1.82) is 0 Å². The Hall–Kier alpha value is -2.53. The second-order valence-corrected chi connectivity index (χ2v) is 11.9. The molecule has 0 spiro atoms. The van der Waals surface area contributed by atoms with Crippen molar-refractivity contribution in [2.24, 2.45) is 17.3 Å². The zero-order chi connectivity index (χ0) is 27.3. The second kappa shape index (κ2) is 12.5. The molecular weight excluding hydrogens is 476 g/mol. The summed E-state index contributed by atoms with van der Waals surface area (Å²) in [4.78, 5) is 11.9. The molecule has 3 N–H and O–H groups in total. The first-order valence-electron chi connectivity index (χ1n) is 14.8. The Balaban J connectivity index is 0.000000179. The molecule has 2 unspecified atom stereocenters. The number of aliphatic hydroxyl groups excluding tert-OH is 1. The number of esters is 1. The van der Waals surface area contributed by atoms with Crippen LogP contribution < -0.4 is 0 Å². The van der Waals surface area contributed by atoms with Crippen LogP contribution in [0.25, 0.3) is 0 Å². The first-order chi connectivity index (χ1) is 18.3. The van der Waals surface area contributed by atoms with Crippen molar-refractivity contribution in [2.45, 2.75) is 110 Å². The number of ether oxygens (including phenoxy) is 1. The number of fused-ring (bicyclic) bond motifs is 5. The third-order valence-corrected chi connectivity index (χ3v) is 9.64. The number of hydrogen-bond donors (Lipinski definition) is 3. The van der Waals surface area contributed by atoms with E-state index in [1.807, 2.05) is 19.1 Å². The average molecular weight is 523 g/mol. The van der Waals surface area contributed by atoms with Gasteiger partial charge in [-0.15, -0.1) is 0 Å². The molecule has 2 aromatic carbocycles. The maximum absolute atomic E-state index is 11.9. The molecule has 0 bridgehead atoms. The smallest absolute Gasteiger partial charge is 0.342 e. The second-order valence-electron chi connectivity index (χ2n) is 11.9. The Bertz CT molecular complexity index is 1080. The van der Waals surface area contributed by atoms with Gasteiger partial charge < -0.3 is 20.1 Å². The van der Waals surface area contributed by atoms with Gasteiger partial charge in [-0.1, -0.05) is 51.8 Å². The van der Waals surface area contributed by atoms with Gasteiger partial charge in [-0.3, -0.25) is 0 Å². The van der Waals surface area contributed by atoms with Crippen molar-refractivity contribution in [3.05, 3.63) is 59.2 Å². The van der Waals surface area contributed by atoms with Crippen molar-refractivity contribution in [2.75, 3.05) is 0 Å². The van der Waals surface area contributed by atoms with Crippen LogP contribution in [0.3, 0.4) is 0 Å². The van der Waals surface area contributed by atoms with Crippen molar-refractivity contribution < 1.29 is 24.9 Å². The first kappa shape index (κ1) is 28.5. The zero-order valence-electron chi connectivity index (χ0n) is 23.4. The van der Waals surface area contributed by atoms with Gasteiger partial charge in [0, 0.05) is 0 Å². The third kappa shape index (κ3) is 6.03. The lowest BCUT2D eigenvalue weighted by Crippen LogP contribution is -2.43. The highest BCUT2D eigenvalue weighted by Gasteiger charge is 2.54. The van der Waals surface area contributed by atoms with E-state index in [0.29, 0.717) is 17.6 Å². The number of carbonyl (C=O) groups is 1. The lowest BCUT2D eigenvalue weighted by atomic mass is 9.55. The number of carbonyl (C=O) groups excluding carboxylic acids is 1. The van der Waals surface area contributed by atoms with Gasteiger partial charge in [0.15, 0.2) is 0 Å². The maximum atomic E-state index is 11.9. The summed E-state index contributed by atoms with van der Waals surface area (Å²) in [5.74, 6) is 2.03. The summed E-state index contributed by atoms with van der Waals surface area (Å²) in [6, 6.07) is 12.4. The van der Waals surface area contributed by atoms with E-state index in [-0.39, 0.29) is 28.9 Å². The van der Waals surface area contributed by atoms with Crippen molar-refractivity contribution in [1.82, 2.24) is 0 Å². The Morgan fingerprint density at radius 2 is 1.84 bits per heavy atom. The van der Waals surface area contributed by atoms with Gasteiger partial charge >= 0.3 is 5.97 Å². The molecule has 5 nitrogen and oxygen atoms in total. The number of rotatable bonds is 7. The molecular formula is C33H46O5. The highest BCUT2D eigenvalue weighted by molar-refractivity contribution is 5.92. The minimum atomic E-state index is -0.434. The van der Waals surface area contributed by atoms with Crippen LogP contribution in [0.1, 0.15) is 112 Å². The van der Waals surface area contributed by atoms with E-state index in [4.69, 9.17) is 4.74 Å². The van der Waals surface area contributed by atoms with Gasteiger partial charge in [-0.2, -0.15) is 0 Å². The van der Waals surface area contributed by atoms with Crippen molar-refractivity contribution >= 4 is 5.97 Å². The Morgan fingerprint density at radius 1 is 1.05 bits per heavy atom. The summed E-state index contributed by atoms with van der Waals surface area (Å²) in [5, 5.41) is 29.6. The molecule has 3 aliphatic carbocycles. The van der Waals surface area contributed by atoms with Crippen LogP contribution in [0.2, 0.25) is 0 Å². The van der Waals surface area contributed by atoms with Crippen LogP contribution in [-0.4, -0.2) is 33.5 Å². The largest absolute Gasteiger partial charge is 0.508 e. The highest BCUT2D eigenvalue weighted by Crippen LogP contribution is 2.60. The summed E-state index contributed by atoms with van der Waals surface area (Å²) >= 11 is 0. The summed E-state index contributed by atoms with van der Waals surface area (Å²) in [6.07, 6.45) is 11.8. The highest BCUT2D eigenvalue weighted by atomic mass is 16.5. The summed E-state index contributed by atoms with van der Waals surface area (Å²) in [7, 11) is 0. The van der Waals surface area contributed by atoms with E-state index in [2.05, 4.69) is 19.9 Å². The van der Waals surface area contributed by atoms with Crippen LogP contribution in [-0.2, 0) is 11.2 Å². The lowest BCUT2D eigenvalue weighted by Gasteiger charge is -2.50. The standard InChI is InChI=1S/C18H24O2.C15H22O3/c1-18-9-8-14-13-5-3-12(19)10-11(13)2-4-15(14)16(18)6-7-17(18)20;1-3-5-6-9-12(4-2)18-15(17)13-10-7-8-11-14(13)16/h3,5,10,14-17,19-20H,2,4,6-9H2,1H3;7-8,10-12,16H,3-6,9H2,1-2H3/t14-,15-,16+,17?,18+;/m1./s1. The molecule has 2 aromatic rings. The monoisotopic (exact) mass is 522 g/mol. The fourth-order valence-corrected chi connectivity index (χ4v) is 7.37. The molecule has 2 saturated carbocycles. The van der Waals surface area contributed by atoms with Crippen molar-refractivity contribution in [3.63, 3.8) is 0 Å². The van der Waals surface area contributed by atoms with Gasteiger partial charge in [0.1, 0.15) is 23.2 Å². The number of aryl methyl sites for hydroxylation is 1. The van der Waals surface area contributed by atoms with E-state index in [0.717, 1.165) is 57.3 Å². The molecule has 6 atom stereocenters. The fourth-order valence-electron chi connectivity index (χ4n) is 7.37. The predicted molar refractivity (Wildman–Crippen MR) is 150 cm³/mol. The van der Waals surface area contributed by atoms with Crippen LogP contribution >= 0.6 is 0 Å². The number of hydrogen-bond acceptors (Lipinski definition) is 5. The number of aliphatic hydroxyl groups is 1. The zero-order valence-corrected chi connectivity index (χ0v) is 23.4. The molecule has 38 heavy (non-hydrogen) atoms. The van der Waals surface area contributed by atoms with Gasteiger partial charge in [-0.05, 0) is 116 Å². The fraction of sp³-hybridized carbons (Fsp3) is 0.606. The molecule has 0 radical (unpaired) electrons. The number of benzene rings is 2. The Labute approximate surface area is 228 Å². The van der Waals surface area contributed by atoms with Gasteiger partial charge in [0.2, 0.25) is 0 Å². The van der Waals surface area contributed by atoms with Gasteiger partial charge in [0.05, 0.1) is 6.10 Å². The van der Waals surface area contributed by atoms with E-state index in [1.54, 1.807) is 18.2 Å². The summed E-state index contributed by atoms with van der Waals surface area (Å²) in [5.41, 5.74) is 3.23. The van der Waals surface area contributed by atoms with Crippen LogP contribution in [0.5, 0.6) is 11.5 Å². The SMILES string of the molecule is CCCCCC(CC)OC(=O)c1ccccc1O.C[C@]12CC[C@@H]3c4ccc(O)cc4CC[C@H]3[C@@H]1CCC2O. The minimum Gasteiger partial charge on any atom is -0.508 e. The molecule has 5 heteroatoms. The van der Waals surface area contributed by atoms with Crippen LogP contribution in [0, 0.1) is 17.3 Å². The van der Waals surface area contributed by atoms with E-state index in [1.165, 1.54) is 36.5 Å². The molecule has 0 aliphatic heterocycles. The maximum Gasteiger partial charge on any atom is 0.342 e. The number of phenols is 2. The van der Waals surface area contributed by atoms with Crippen LogP contribution in [0.4, 0.5) is 0 Å². The van der Waals surface area contributed by atoms with Crippen molar-refractivity contribution in [3.8, 4) is 11.5 Å². The predicted octanol–water partition coefficient (Wildman–Crippen LogP) is 7.52. The molecule has 0 aromatic heterocycles. The summed E-state index contributed by atoms with van der Waals surface area (Å²) < 4.78 is 5.41. The molecule has 0 amide bonds. The molecule has 0 saturated heterocycles. The topological polar surface area (TPSA) is 87.0 Å². The minimum absolute atomic E-state index is 0.0223. The molecule has 0 heterocycles. The number of unbranched alkanes of at least 4 members (excludes halogenated alkanes) is 2. The van der Waals surface area contributed by atoms with E-state index >= 15 is 0 Å². The Kier molecular flexibility index (Phi) is 9.40.